The maximum Gasteiger partial charge on any atom is 0.454 e. The van der Waals surface area contributed by atoms with Crippen molar-refractivity contribution < 1.29 is 22.8 Å². The number of benzene rings is 2. The Kier molecular flexibility index (Phi) is 5.53. The second-order valence-electron chi connectivity index (χ2n) is 6.43. The van der Waals surface area contributed by atoms with Crippen LogP contribution in [-0.2, 0) is 24.3 Å². The monoisotopic (exact) mass is 388 g/mol. The molecular formula is C21H19F3N2O2. The van der Waals surface area contributed by atoms with Gasteiger partial charge < -0.3 is 9.88 Å². The molecule has 1 aromatic heterocycles. The molecule has 0 fully saturated rings. The van der Waals surface area contributed by atoms with Gasteiger partial charge in [-0.15, -0.1) is 0 Å². The van der Waals surface area contributed by atoms with Crippen LogP contribution in [0.1, 0.15) is 28.4 Å². The number of amides is 1. The number of rotatable bonds is 6. The predicted octanol–water partition coefficient (Wildman–Crippen LogP) is 4.27. The summed E-state index contributed by atoms with van der Waals surface area (Å²) in [6.07, 6.45) is -3.29. The Balaban J connectivity index is 1.91. The number of para-hydroxylation sites is 1. The van der Waals surface area contributed by atoms with E-state index in [1.54, 1.807) is 12.1 Å². The van der Waals surface area contributed by atoms with Crippen molar-refractivity contribution in [1.82, 2.24) is 9.88 Å². The molecule has 1 N–H and O–H groups in total. The highest BCUT2D eigenvalue weighted by Gasteiger charge is 2.41. The van der Waals surface area contributed by atoms with Crippen LogP contribution in [0.5, 0.6) is 0 Å². The Morgan fingerprint density at radius 3 is 2.39 bits per heavy atom. The third kappa shape index (κ3) is 4.08. The van der Waals surface area contributed by atoms with Gasteiger partial charge in [0.2, 0.25) is 5.91 Å². The third-order valence-electron chi connectivity index (χ3n) is 4.51. The molecule has 0 aliphatic rings. The van der Waals surface area contributed by atoms with Gasteiger partial charge in [0.25, 0.3) is 5.78 Å². The molecule has 0 spiro atoms. The molecular weight excluding hydrogens is 369 g/mol. The first-order chi connectivity index (χ1) is 13.3. The van der Waals surface area contributed by atoms with Crippen LogP contribution in [0, 0.1) is 0 Å². The molecule has 0 saturated carbocycles. The normalized spacial score (nSPS) is 11.6. The first kappa shape index (κ1) is 19.7. The van der Waals surface area contributed by atoms with E-state index >= 15 is 0 Å². The number of alkyl halides is 3. The molecule has 0 unspecified atom stereocenters. The van der Waals surface area contributed by atoms with Gasteiger partial charge in [-0.3, -0.25) is 9.59 Å². The van der Waals surface area contributed by atoms with Crippen molar-refractivity contribution in [1.29, 1.82) is 0 Å². The van der Waals surface area contributed by atoms with Crippen molar-refractivity contribution in [2.45, 2.75) is 32.6 Å². The molecule has 4 nitrogen and oxygen atoms in total. The van der Waals surface area contributed by atoms with E-state index in [-0.39, 0.29) is 17.8 Å². The SMILES string of the molecule is CCc1cccc2c(C(=O)C(F)(F)F)cn(CC(=O)NCc3ccccc3)c12. The fourth-order valence-electron chi connectivity index (χ4n) is 3.19. The van der Waals surface area contributed by atoms with Crippen LogP contribution in [0.3, 0.4) is 0 Å². The van der Waals surface area contributed by atoms with E-state index in [0.29, 0.717) is 18.5 Å². The molecule has 7 heteroatoms. The maximum absolute atomic E-state index is 13.0. The van der Waals surface area contributed by atoms with Crippen LogP contribution in [-0.4, -0.2) is 22.4 Å². The number of nitrogens with one attached hydrogen (secondary N) is 1. The highest BCUT2D eigenvalue weighted by atomic mass is 19.4. The lowest BCUT2D eigenvalue weighted by Gasteiger charge is -2.09. The van der Waals surface area contributed by atoms with Crippen LogP contribution < -0.4 is 5.32 Å². The molecule has 0 radical (unpaired) electrons. The summed E-state index contributed by atoms with van der Waals surface area (Å²) in [5.41, 5.74) is 1.73. The number of hydrogen-bond acceptors (Lipinski definition) is 2. The minimum absolute atomic E-state index is 0.175. The summed E-state index contributed by atoms with van der Waals surface area (Å²) < 4.78 is 40.4. The van der Waals surface area contributed by atoms with Gasteiger partial charge in [0, 0.05) is 18.1 Å². The Bertz CT molecular complexity index is 1010. The first-order valence-electron chi connectivity index (χ1n) is 8.84. The van der Waals surface area contributed by atoms with Gasteiger partial charge in [0.1, 0.15) is 6.54 Å². The number of aromatic nitrogens is 1. The zero-order valence-electron chi connectivity index (χ0n) is 15.2. The molecule has 28 heavy (non-hydrogen) atoms. The molecule has 3 aromatic rings. The van der Waals surface area contributed by atoms with Crippen molar-refractivity contribution >= 4 is 22.6 Å². The number of fused-ring (bicyclic) bond motifs is 1. The number of aryl methyl sites for hydroxylation is 1. The topological polar surface area (TPSA) is 51.1 Å². The Hall–Kier alpha value is -3.09. The van der Waals surface area contributed by atoms with E-state index in [0.717, 1.165) is 17.3 Å². The van der Waals surface area contributed by atoms with Gasteiger partial charge in [0.05, 0.1) is 11.1 Å². The van der Waals surface area contributed by atoms with E-state index in [1.165, 1.54) is 10.6 Å². The van der Waals surface area contributed by atoms with Crippen molar-refractivity contribution in [2.24, 2.45) is 0 Å². The third-order valence-corrected chi connectivity index (χ3v) is 4.51. The van der Waals surface area contributed by atoms with Crippen LogP contribution in [0.25, 0.3) is 10.9 Å². The lowest BCUT2D eigenvalue weighted by Crippen LogP contribution is -2.27. The quantitative estimate of drug-likeness (QED) is 0.642. The second-order valence-corrected chi connectivity index (χ2v) is 6.43. The molecule has 1 heterocycles. The van der Waals surface area contributed by atoms with Crippen molar-refractivity contribution in [3.63, 3.8) is 0 Å². The summed E-state index contributed by atoms with van der Waals surface area (Å²) in [6, 6.07) is 14.2. The molecule has 0 saturated heterocycles. The van der Waals surface area contributed by atoms with Gasteiger partial charge >= 0.3 is 6.18 Å². The summed E-state index contributed by atoms with van der Waals surface area (Å²) in [7, 11) is 0. The summed E-state index contributed by atoms with van der Waals surface area (Å²) >= 11 is 0. The number of carbonyl (C=O) groups is 2. The first-order valence-corrected chi connectivity index (χ1v) is 8.84. The van der Waals surface area contributed by atoms with Gasteiger partial charge in [-0.1, -0.05) is 55.5 Å². The van der Waals surface area contributed by atoms with Gasteiger partial charge in [-0.2, -0.15) is 13.2 Å². The largest absolute Gasteiger partial charge is 0.454 e. The molecule has 1 amide bonds. The van der Waals surface area contributed by atoms with E-state index in [2.05, 4.69) is 5.32 Å². The van der Waals surface area contributed by atoms with E-state index in [9.17, 15) is 22.8 Å². The van der Waals surface area contributed by atoms with Gasteiger partial charge in [0.15, 0.2) is 0 Å². The molecule has 0 aliphatic carbocycles. The smallest absolute Gasteiger partial charge is 0.350 e. The number of hydrogen-bond donors (Lipinski definition) is 1. The average Bonchev–Trinajstić information content (AvgIpc) is 3.04. The number of carbonyl (C=O) groups excluding carboxylic acids is 2. The summed E-state index contributed by atoms with van der Waals surface area (Å²) in [5.74, 6) is -2.26. The van der Waals surface area contributed by atoms with Gasteiger partial charge in [-0.25, -0.2) is 0 Å². The zero-order chi connectivity index (χ0) is 20.3. The number of nitrogens with zero attached hydrogens (tertiary/aromatic N) is 1. The summed E-state index contributed by atoms with van der Waals surface area (Å²) in [5, 5.41) is 2.96. The number of Topliss-reactive ketones (excluding diaryl/α,β-unsaturated/α-hetero) is 1. The molecule has 0 atom stereocenters. The fraction of sp³-hybridized carbons (Fsp3) is 0.238. The Morgan fingerprint density at radius 1 is 1.04 bits per heavy atom. The Morgan fingerprint density at radius 2 is 1.75 bits per heavy atom. The molecule has 0 bridgehead atoms. The van der Waals surface area contributed by atoms with Crippen LogP contribution in [0.2, 0.25) is 0 Å². The Labute approximate surface area is 160 Å². The highest BCUT2D eigenvalue weighted by molar-refractivity contribution is 6.11. The summed E-state index contributed by atoms with van der Waals surface area (Å²) in [6.45, 7) is 2.01. The van der Waals surface area contributed by atoms with Crippen LogP contribution >= 0.6 is 0 Å². The van der Waals surface area contributed by atoms with Crippen molar-refractivity contribution in [2.75, 3.05) is 0 Å². The molecule has 3 rings (SSSR count). The highest BCUT2D eigenvalue weighted by Crippen LogP contribution is 2.30. The predicted molar refractivity (Wildman–Crippen MR) is 100.0 cm³/mol. The second kappa shape index (κ2) is 7.88. The van der Waals surface area contributed by atoms with E-state index in [1.807, 2.05) is 37.3 Å². The molecule has 2 aromatic carbocycles. The minimum atomic E-state index is -4.98. The fourth-order valence-corrected chi connectivity index (χ4v) is 3.19. The lowest BCUT2D eigenvalue weighted by atomic mass is 10.0. The van der Waals surface area contributed by atoms with Crippen LogP contribution in [0.15, 0.2) is 54.7 Å². The maximum atomic E-state index is 13.0. The average molecular weight is 388 g/mol. The van der Waals surface area contributed by atoms with Crippen molar-refractivity contribution in [3.05, 3.63) is 71.4 Å². The van der Waals surface area contributed by atoms with Gasteiger partial charge in [-0.05, 0) is 17.5 Å². The molecule has 0 aliphatic heterocycles. The number of halogens is 3. The lowest BCUT2D eigenvalue weighted by molar-refractivity contribution is -0.121. The standard InChI is InChI=1S/C21H19F3N2O2/c1-2-15-9-6-10-16-17(20(28)21(22,23)24)12-26(19(15)16)13-18(27)25-11-14-7-4-3-5-8-14/h3-10,12H,2,11,13H2,1H3,(H,25,27). The van der Waals surface area contributed by atoms with Crippen LogP contribution in [0.4, 0.5) is 13.2 Å². The van der Waals surface area contributed by atoms with E-state index < -0.39 is 17.5 Å². The molecule has 146 valence electrons. The van der Waals surface area contributed by atoms with E-state index in [4.69, 9.17) is 0 Å². The van der Waals surface area contributed by atoms with Crippen molar-refractivity contribution in [3.8, 4) is 0 Å². The summed E-state index contributed by atoms with van der Waals surface area (Å²) in [4.78, 5) is 24.2. The minimum Gasteiger partial charge on any atom is -0.350 e. The zero-order valence-corrected chi connectivity index (χ0v) is 15.2. The number of ketones is 1.